The number of carbonyl (C=O) groups is 2. The van der Waals surface area contributed by atoms with Crippen molar-refractivity contribution < 1.29 is 42.3 Å². The van der Waals surface area contributed by atoms with Gasteiger partial charge >= 0.3 is 6.03 Å². The Kier molecular flexibility index (Phi) is 21.8. The van der Waals surface area contributed by atoms with Crippen molar-refractivity contribution in [1.29, 1.82) is 5.26 Å². The molecule has 0 bridgehead atoms. The van der Waals surface area contributed by atoms with E-state index in [9.17, 15) is 9.59 Å². The molecule has 0 aromatic heterocycles. The molecular formula is C41H57N4O9P. The van der Waals surface area contributed by atoms with E-state index in [4.69, 9.17) is 38.0 Å². The number of nitriles is 1. The van der Waals surface area contributed by atoms with Crippen LogP contribution in [0.15, 0.2) is 104 Å². The van der Waals surface area contributed by atoms with Crippen LogP contribution in [0.3, 0.4) is 0 Å². The minimum Gasteiger partial charge on any atom is -0.497 e. The standard InChI is InChI=1S/C33H45N4O8P.C8H12O/c1-8-28(38)35-33(39)36-32-31(41-7)30(45-46(43-20-12-19-34)37(22(2)3)23(4)5)27(44-32)21-42-29(24-13-10-9-11-14-24)25-15-17-26(40-6)18-16-25;1-4-5-6-7-8(2)9-3/h8-11,13-18,22-23,27,29-32H,1,12,20-21H2,2-7H3,(H2,35,36,38,39);4-7H,2H2,1,3H3/b;5-4-,7-6-. The molecule has 1 aliphatic heterocycles. The van der Waals surface area contributed by atoms with Gasteiger partial charge < -0.3 is 38.0 Å². The minimum atomic E-state index is -1.70. The number of nitrogens with zero attached hydrogens (tertiary/aromatic N) is 2. The van der Waals surface area contributed by atoms with Gasteiger partial charge in [-0.25, -0.2) is 9.46 Å². The zero-order valence-electron chi connectivity index (χ0n) is 33.2. The predicted octanol–water partition coefficient (Wildman–Crippen LogP) is 7.49. The number of nitrogens with one attached hydrogen (secondary N) is 2. The number of benzene rings is 2. The molecule has 13 nitrogen and oxygen atoms in total. The highest BCUT2D eigenvalue weighted by Gasteiger charge is 2.49. The number of methoxy groups -OCH3 is 3. The van der Waals surface area contributed by atoms with Crippen LogP contribution in [0.25, 0.3) is 0 Å². The SMILES string of the molecule is C=C(/C=C\C=C/C)OC.C=CC(=O)NC(=O)NC1OC(COC(c2ccccc2)c2ccc(OC)cc2)C(OP(OCCC#N)N(C(C)C)C(C)C)C1OC. The summed E-state index contributed by atoms with van der Waals surface area (Å²) < 4.78 is 43.8. The maximum absolute atomic E-state index is 12.6. The Morgan fingerprint density at radius 2 is 1.65 bits per heavy atom. The van der Waals surface area contributed by atoms with Crippen LogP contribution in [0, 0.1) is 11.3 Å². The summed E-state index contributed by atoms with van der Waals surface area (Å²) in [7, 11) is 3.00. The van der Waals surface area contributed by atoms with Crippen molar-refractivity contribution >= 4 is 20.5 Å². The number of carbonyl (C=O) groups excluding carboxylic acids is 2. The number of ether oxygens (including phenoxy) is 5. The van der Waals surface area contributed by atoms with E-state index in [-0.39, 0.29) is 31.7 Å². The number of amides is 3. The van der Waals surface area contributed by atoms with Crippen molar-refractivity contribution in [3.05, 3.63) is 115 Å². The van der Waals surface area contributed by atoms with E-state index in [1.165, 1.54) is 7.11 Å². The maximum Gasteiger partial charge on any atom is 0.323 e. The Morgan fingerprint density at radius 3 is 2.20 bits per heavy atom. The third-order valence-corrected chi connectivity index (χ3v) is 10.1. The Morgan fingerprint density at radius 1 is 1.00 bits per heavy atom. The summed E-state index contributed by atoms with van der Waals surface area (Å²) in [6.07, 6.45) is 4.96. The number of hydrogen-bond acceptors (Lipinski definition) is 11. The Balaban J connectivity index is 0.00000103. The lowest BCUT2D eigenvalue weighted by molar-refractivity contribution is -0.115. The van der Waals surface area contributed by atoms with Crippen LogP contribution in [0.4, 0.5) is 4.79 Å². The number of rotatable bonds is 20. The van der Waals surface area contributed by atoms with Crippen LogP contribution in [-0.2, 0) is 32.8 Å². The molecule has 2 aromatic carbocycles. The fourth-order valence-electron chi connectivity index (χ4n) is 5.41. The van der Waals surface area contributed by atoms with Crippen molar-refractivity contribution in [2.45, 2.75) is 83.8 Å². The highest BCUT2D eigenvalue weighted by Crippen LogP contribution is 2.49. The average Bonchev–Trinajstić information content (AvgIpc) is 3.49. The lowest BCUT2D eigenvalue weighted by atomic mass is 10.0. The molecule has 1 heterocycles. The van der Waals surface area contributed by atoms with Crippen molar-refractivity contribution in [3.63, 3.8) is 0 Å². The maximum atomic E-state index is 12.6. The van der Waals surface area contributed by atoms with Gasteiger partial charge in [-0.3, -0.25) is 10.1 Å². The first-order valence-electron chi connectivity index (χ1n) is 17.9. The second-order valence-corrected chi connectivity index (χ2v) is 13.9. The summed E-state index contributed by atoms with van der Waals surface area (Å²) in [6.45, 7) is 17.3. The van der Waals surface area contributed by atoms with E-state index < -0.39 is 51.1 Å². The molecule has 0 saturated carbocycles. The van der Waals surface area contributed by atoms with Gasteiger partial charge in [-0.15, -0.1) is 0 Å². The van der Waals surface area contributed by atoms with Gasteiger partial charge in [-0.1, -0.05) is 73.9 Å². The number of hydrogen-bond donors (Lipinski definition) is 2. The van der Waals surface area contributed by atoms with E-state index >= 15 is 0 Å². The second kappa shape index (κ2) is 25.7. The van der Waals surface area contributed by atoms with Crippen LogP contribution in [-0.4, -0.2) is 87.8 Å². The largest absolute Gasteiger partial charge is 0.497 e. The molecule has 2 N–H and O–H groups in total. The molecule has 0 aliphatic carbocycles. The van der Waals surface area contributed by atoms with Gasteiger partial charge in [0.25, 0.3) is 14.4 Å². The molecule has 0 spiro atoms. The summed E-state index contributed by atoms with van der Waals surface area (Å²) in [5.41, 5.74) is 1.83. The van der Waals surface area contributed by atoms with E-state index in [2.05, 4.69) is 34.5 Å². The van der Waals surface area contributed by atoms with Crippen LogP contribution < -0.4 is 15.4 Å². The predicted molar refractivity (Wildman–Crippen MR) is 214 cm³/mol. The average molecular weight is 781 g/mol. The lowest BCUT2D eigenvalue weighted by Crippen LogP contribution is -2.50. The molecule has 6 unspecified atom stereocenters. The Labute approximate surface area is 327 Å². The number of imide groups is 1. The van der Waals surface area contributed by atoms with Crippen LogP contribution >= 0.6 is 8.53 Å². The second-order valence-electron chi connectivity index (χ2n) is 12.5. The molecule has 3 amide bonds. The highest BCUT2D eigenvalue weighted by atomic mass is 31.2. The van der Waals surface area contributed by atoms with Crippen LogP contribution in [0.5, 0.6) is 5.75 Å². The summed E-state index contributed by atoms with van der Waals surface area (Å²) in [5, 5.41) is 14.0. The summed E-state index contributed by atoms with van der Waals surface area (Å²) >= 11 is 0. The van der Waals surface area contributed by atoms with Gasteiger partial charge in [0.1, 0.15) is 35.9 Å². The molecule has 14 heteroatoms. The molecule has 1 saturated heterocycles. The summed E-state index contributed by atoms with van der Waals surface area (Å²) in [4.78, 5) is 24.4. The van der Waals surface area contributed by atoms with Gasteiger partial charge in [0.15, 0.2) is 6.23 Å². The van der Waals surface area contributed by atoms with Crippen molar-refractivity contribution in [2.75, 3.05) is 34.5 Å². The number of allylic oxidation sites excluding steroid dienone is 4. The van der Waals surface area contributed by atoms with Crippen molar-refractivity contribution in [3.8, 4) is 11.8 Å². The third kappa shape index (κ3) is 15.7. The fraction of sp³-hybridized carbons (Fsp3) is 0.439. The molecule has 0 radical (unpaired) electrons. The lowest BCUT2D eigenvalue weighted by Gasteiger charge is -2.38. The molecular weight excluding hydrogens is 723 g/mol. The van der Waals surface area contributed by atoms with Crippen molar-refractivity contribution in [2.24, 2.45) is 0 Å². The molecule has 2 aromatic rings. The molecule has 3 rings (SSSR count). The first-order chi connectivity index (χ1) is 26.4. The molecule has 300 valence electrons. The summed E-state index contributed by atoms with van der Waals surface area (Å²) in [5.74, 6) is 0.729. The zero-order valence-corrected chi connectivity index (χ0v) is 34.1. The van der Waals surface area contributed by atoms with Gasteiger partial charge in [0.2, 0.25) is 0 Å². The Hall–Kier alpha value is -4.38. The van der Waals surface area contributed by atoms with Gasteiger partial charge in [0.05, 0.1) is 39.9 Å². The highest BCUT2D eigenvalue weighted by molar-refractivity contribution is 7.44. The van der Waals surface area contributed by atoms with Crippen molar-refractivity contribution in [1.82, 2.24) is 15.3 Å². The van der Waals surface area contributed by atoms with Crippen LogP contribution in [0.1, 0.15) is 58.3 Å². The molecule has 6 atom stereocenters. The minimum absolute atomic E-state index is 0.0478. The van der Waals surface area contributed by atoms with Gasteiger partial charge in [0, 0.05) is 19.2 Å². The first kappa shape index (κ1) is 46.8. The molecule has 1 aliphatic rings. The molecule has 55 heavy (non-hydrogen) atoms. The van der Waals surface area contributed by atoms with E-state index in [1.807, 2.05) is 107 Å². The van der Waals surface area contributed by atoms with Gasteiger partial charge in [-0.05, 0) is 70.0 Å². The zero-order chi connectivity index (χ0) is 40.8. The smallest absolute Gasteiger partial charge is 0.323 e. The van der Waals surface area contributed by atoms with Crippen LogP contribution in [0.2, 0.25) is 0 Å². The molecule has 1 fully saturated rings. The fourth-order valence-corrected chi connectivity index (χ4v) is 7.18. The normalized spacial score (nSPS) is 19.1. The van der Waals surface area contributed by atoms with E-state index in [0.29, 0.717) is 5.76 Å². The Bertz CT molecular complexity index is 1560. The topological polar surface area (TPSA) is 150 Å². The monoisotopic (exact) mass is 780 g/mol. The third-order valence-electron chi connectivity index (χ3n) is 7.95. The van der Waals surface area contributed by atoms with E-state index in [1.54, 1.807) is 20.3 Å². The quantitative estimate of drug-likeness (QED) is 0.0453. The number of urea groups is 1. The summed E-state index contributed by atoms with van der Waals surface area (Å²) in [6, 6.07) is 18.8. The van der Waals surface area contributed by atoms with E-state index in [0.717, 1.165) is 23.0 Å². The van der Waals surface area contributed by atoms with Gasteiger partial charge in [-0.2, -0.15) is 5.26 Å². The first-order valence-corrected chi connectivity index (χ1v) is 19.1.